The molecule has 0 aromatic heterocycles. The molecule has 0 aliphatic carbocycles. The van der Waals surface area contributed by atoms with E-state index in [1.807, 2.05) is 31.2 Å². The first kappa shape index (κ1) is 19.2. The Morgan fingerprint density at radius 2 is 1.76 bits per heavy atom. The van der Waals surface area contributed by atoms with E-state index in [4.69, 9.17) is 20.5 Å². The molecule has 29 heavy (non-hydrogen) atoms. The van der Waals surface area contributed by atoms with Crippen LogP contribution in [0.1, 0.15) is 21.5 Å². The predicted octanol–water partition coefficient (Wildman–Crippen LogP) is 5.03. The lowest BCUT2D eigenvalue weighted by Gasteiger charge is -2.08. The maximum absolute atomic E-state index is 12.6. The van der Waals surface area contributed by atoms with Crippen LogP contribution in [-0.2, 0) is 10.1 Å². The summed E-state index contributed by atoms with van der Waals surface area (Å²) in [5.74, 6) is 0.193. The molecule has 5 nitrogen and oxygen atoms in total. The molecule has 3 aromatic carbocycles. The van der Waals surface area contributed by atoms with Crippen molar-refractivity contribution in [1.82, 2.24) is 0 Å². The van der Waals surface area contributed by atoms with Gasteiger partial charge in [-0.25, -0.2) is 0 Å². The number of aryl methyl sites for hydroxylation is 1. The van der Waals surface area contributed by atoms with Gasteiger partial charge in [0.05, 0.1) is 5.56 Å². The molecule has 0 radical (unpaired) electrons. The summed E-state index contributed by atoms with van der Waals surface area (Å²) in [4.78, 5) is 12.5. The van der Waals surface area contributed by atoms with E-state index < -0.39 is 10.1 Å². The van der Waals surface area contributed by atoms with Gasteiger partial charge in [-0.15, -0.1) is 0 Å². The molecule has 0 N–H and O–H groups in total. The zero-order valence-corrected chi connectivity index (χ0v) is 16.8. The number of allylic oxidation sites excluding steroid dienone is 1. The fourth-order valence-corrected chi connectivity index (χ4v) is 3.96. The Balaban J connectivity index is 1.60. The van der Waals surface area contributed by atoms with Crippen molar-refractivity contribution < 1.29 is 22.1 Å². The second-order valence-corrected chi connectivity index (χ2v) is 8.49. The lowest BCUT2D eigenvalue weighted by Crippen LogP contribution is -2.09. The largest absolute Gasteiger partial charge is 0.452 e. The van der Waals surface area contributed by atoms with E-state index in [2.05, 4.69) is 0 Å². The van der Waals surface area contributed by atoms with E-state index in [0.717, 1.165) is 11.1 Å². The second kappa shape index (κ2) is 7.39. The van der Waals surface area contributed by atoms with Crippen LogP contribution in [0.15, 0.2) is 77.4 Å². The zero-order valence-electron chi connectivity index (χ0n) is 15.3. The highest BCUT2D eigenvalue weighted by Crippen LogP contribution is 2.35. The highest BCUT2D eigenvalue weighted by atomic mass is 35.5. The Morgan fingerprint density at radius 1 is 1.00 bits per heavy atom. The van der Waals surface area contributed by atoms with Crippen LogP contribution in [0.4, 0.5) is 0 Å². The number of carbonyl (C=O) groups excluding carboxylic acids is 1. The van der Waals surface area contributed by atoms with Crippen molar-refractivity contribution in [3.8, 4) is 11.5 Å². The molecule has 0 bridgehead atoms. The molecular formula is C22H15ClO5S. The van der Waals surface area contributed by atoms with Crippen molar-refractivity contribution in [2.24, 2.45) is 0 Å². The molecule has 3 aromatic rings. The average Bonchev–Trinajstić information content (AvgIpc) is 2.97. The maximum atomic E-state index is 12.6. The van der Waals surface area contributed by atoms with E-state index >= 15 is 0 Å². The molecule has 1 aliphatic rings. The summed E-state index contributed by atoms with van der Waals surface area (Å²) in [6, 6.07) is 17.6. The van der Waals surface area contributed by atoms with E-state index in [1.54, 1.807) is 6.08 Å². The molecule has 0 atom stereocenters. The lowest BCUT2D eigenvalue weighted by atomic mass is 10.1. The summed E-state index contributed by atoms with van der Waals surface area (Å²) in [6.07, 6.45) is 1.65. The average molecular weight is 427 g/mol. The number of ether oxygens (including phenoxy) is 1. The van der Waals surface area contributed by atoms with Crippen molar-refractivity contribution in [2.45, 2.75) is 11.8 Å². The number of hydrogen-bond acceptors (Lipinski definition) is 5. The molecular weight excluding hydrogens is 412 g/mol. The molecule has 146 valence electrons. The van der Waals surface area contributed by atoms with Crippen LogP contribution in [0.5, 0.6) is 11.5 Å². The number of rotatable bonds is 4. The second-order valence-electron chi connectivity index (χ2n) is 6.50. The Labute approximate surface area is 173 Å². The molecule has 1 heterocycles. The smallest absolute Gasteiger partial charge is 0.339 e. The third kappa shape index (κ3) is 4.04. The number of halogens is 1. The third-order valence-corrected chi connectivity index (χ3v) is 5.80. The van der Waals surface area contributed by atoms with E-state index in [1.165, 1.54) is 42.5 Å². The summed E-state index contributed by atoms with van der Waals surface area (Å²) in [7, 11) is -4.04. The first-order valence-electron chi connectivity index (χ1n) is 8.67. The fourth-order valence-electron chi connectivity index (χ4n) is 2.91. The van der Waals surface area contributed by atoms with Gasteiger partial charge >= 0.3 is 10.1 Å². The van der Waals surface area contributed by atoms with Gasteiger partial charge in [0.1, 0.15) is 16.4 Å². The molecule has 0 fully saturated rings. The summed E-state index contributed by atoms with van der Waals surface area (Å²) in [5.41, 5.74) is 2.24. The van der Waals surface area contributed by atoms with Gasteiger partial charge in [0.2, 0.25) is 5.78 Å². The van der Waals surface area contributed by atoms with Crippen LogP contribution < -0.4 is 8.92 Å². The van der Waals surface area contributed by atoms with Crippen LogP contribution in [0.25, 0.3) is 6.08 Å². The van der Waals surface area contributed by atoms with E-state index in [0.29, 0.717) is 10.6 Å². The number of fused-ring (bicyclic) bond motifs is 1. The standard InChI is InChI=1S/C22H15ClO5S/c1-14-3-2-4-15(11-14)12-21-22(24)19-10-7-17(13-20(19)27-21)28-29(25,26)18-8-5-16(23)6-9-18/h2-13H,1H3/b21-12-. The maximum Gasteiger partial charge on any atom is 0.339 e. The first-order valence-corrected chi connectivity index (χ1v) is 10.5. The van der Waals surface area contributed by atoms with Crippen molar-refractivity contribution in [3.05, 3.63) is 94.2 Å². The first-order chi connectivity index (χ1) is 13.8. The minimum Gasteiger partial charge on any atom is -0.452 e. The predicted molar refractivity (Wildman–Crippen MR) is 110 cm³/mol. The summed E-state index contributed by atoms with van der Waals surface area (Å²) in [5, 5.41) is 0.418. The SMILES string of the molecule is Cc1cccc(/C=C2\Oc3cc(OS(=O)(=O)c4ccc(Cl)cc4)ccc3C2=O)c1. The molecule has 0 amide bonds. The van der Waals surface area contributed by atoms with Crippen LogP contribution in [0.3, 0.4) is 0 Å². The number of carbonyl (C=O) groups is 1. The van der Waals surface area contributed by atoms with Gasteiger partial charge < -0.3 is 8.92 Å². The summed E-state index contributed by atoms with van der Waals surface area (Å²) >= 11 is 5.79. The van der Waals surface area contributed by atoms with E-state index in [-0.39, 0.29) is 27.9 Å². The van der Waals surface area contributed by atoms with Gasteiger partial charge in [0, 0.05) is 11.1 Å². The Hall–Kier alpha value is -3.09. The molecule has 4 rings (SSSR count). The normalized spacial score (nSPS) is 14.6. The number of hydrogen-bond donors (Lipinski definition) is 0. The fraction of sp³-hybridized carbons (Fsp3) is 0.0455. The van der Waals surface area contributed by atoms with Gasteiger partial charge in [0.15, 0.2) is 5.76 Å². The highest BCUT2D eigenvalue weighted by Gasteiger charge is 2.28. The molecule has 0 saturated heterocycles. The van der Waals surface area contributed by atoms with Crippen LogP contribution >= 0.6 is 11.6 Å². The Kier molecular flexibility index (Phi) is 4.90. The Morgan fingerprint density at radius 3 is 2.48 bits per heavy atom. The van der Waals surface area contributed by atoms with Crippen LogP contribution in [-0.4, -0.2) is 14.2 Å². The molecule has 1 aliphatic heterocycles. The molecule has 0 unspecified atom stereocenters. The summed E-state index contributed by atoms with van der Waals surface area (Å²) in [6.45, 7) is 1.96. The number of Topliss-reactive ketones (excluding diaryl/α,β-unsaturated/α-hetero) is 1. The third-order valence-electron chi connectivity index (χ3n) is 4.29. The number of benzene rings is 3. The van der Waals surface area contributed by atoms with Crippen molar-refractivity contribution in [2.75, 3.05) is 0 Å². The zero-order chi connectivity index (χ0) is 20.6. The Bertz CT molecular complexity index is 1240. The highest BCUT2D eigenvalue weighted by molar-refractivity contribution is 7.87. The van der Waals surface area contributed by atoms with Gasteiger partial charge in [-0.1, -0.05) is 41.4 Å². The summed E-state index contributed by atoms with van der Waals surface area (Å²) < 4.78 is 35.7. The lowest BCUT2D eigenvalue weighted by molar-refractivity contribution is 0.101. The van der Waals surface area contributed by atoms with Crippen LogP contribution in [0.2, 0.25) is 5.02 Å². The quantitative estimate of drug-likeness (QED) is 0.432. The topological polar surface area (TPSA) is 69.7 Å². The van der Waals surface area contributed by atoms with Crippen molar-refractivity contribution in [3.63, 3.8) is 0 Å². The minimum absolute atomic E-state index is 0.0283. The van der Waals surface area contributed by atoms with Crippen molar-refractivity contribution in [1.29, 1.82) is 0 Å². The van der Waals surface area contributed by atoms with Gasteiger partial charge in [-0.3, -0.25) is 4.79 Å². The molecule has 0 spiro atoms. The van der Waals surface area contributed by atoms with Crippen molar-refractivity contribution >= 4 is 33.6 Å². The minimum atomic E-state index is -4.04. The number of ketones is 1. The molecule has 0 saturated carbocycles. The van der Waals surface area contributed by atoms with Crippen LogP contribution in [0, 0.1) is 6.92 Å². The van der Waals surface area contributed by atoms with Gasteiger partial charge in [-0.05, 0) is 55.0 Å². The van der Waals surface area contributed by atoms with Gasteiger partial charge in [-0.2, -0.15) is 8.42 Å². The van der Waals surface area contributed by atoms with Gasteiger partial charge in [0.25, 0.3) is 0 Å². The monoisotopic (exact) mass is 426 g/mol. The van der Waals surface area contributed by atoms with E-state index in [9.17, 15) is 13.2 Å². The molecule has 7 heteroatoms.